The molecule has 0 aromatic heterocycles. The maximum absolute atomic E-state index is 13.0. The third kappa shape index (κ3) is 3.77. The van der Waals surface area contributed by atoms with E-state index in [4.69, 9.17) is 46.4 Å². The monoisotopic (exact) mass is 492 g/mol. The number of hydrogen-bond donors (Lipinski definition) is 3. The highest BCUT2D eigenvalue weighted by Gasteiger charge is 2.51. The minimum atomic E-state index is -5.05. The lowest BCUT2D eigenvalue weighted by Gasteiger charge is -2.34. The van der Waals surface area contributed by atoms with Gasteiger partial charge in [0.25, 0.3) is 10.1 Å². The quantitative estimate of drug-likeness (QED) is 0.311. The lowest BCUT2D eigenvalue weighted by Crippen LogP contribution is -2.38. The van der Waals surface area contributed by atoms with Crippen molar-refractivity contribution < 1.29 is 23.2 Å². The number of halogens is 4. The first-order valence-electron chi connectivity index (χ1n) is 7.89. The van der Waals surface area contributed by atoms with Crippen LogP contribution in [0.5, 0.6) is 11.5 Å². The van der Waals surface area contributed by atoms with Crippen LogP contribution in [0.15, 0.2) is 54.6 Å². The maximum Gasteiger partial charge on any atom is 0.283 e. The van der Waals surface area contributed by atoms with Crippen molar-refractivity contribution in [3.05, 3.63) is 91.4 Å². The predicted octanol–water partition coefficient (Wildman–Crippen LogP) is 5.89. The molecular weight excluding hydrogens is 482 g/mol. The number of phenolic OH excluding ortho intramolecular Hbond substituents is 2. The highest BCUT2D eigenvalue weighted by Crippen LogP contribution is 2.51. The summed E-state index contributed by atoms with van der Waals surface area (Å²) < 4.78 is 34.0. The summed E-state index contributed by atoms with van der Waals surface area (Å²) >= 11 is 24.5. The molecule has 3 aromatic rings. The van der Waals surface area contributed by atoms with Crippen LogP contribution < -0.4 is 0 Å². The van der Waals surface area contributed by atoms with Gasteiger partial charge >= 0.3 is 0 Å². The SMILES string of the molecule is O=S(=O)(O)C(c1ccc(Cl)cc1)(c1ccc(O)cc1Cl)c1cc(Cl)cc(O)c1Cl. The van der Waals surface area contributed by atoms with Crippen molar-refractivity contribution in [2.24, 2.45) is 0 Å². The van der Waals surface area contributed by atoms with Gasteiger partial charge in [0.1, 0.15) is 11.5 Å². The highest BCUT2D eigenvalue weighted by molar-refractivity contribution is 7.87. The summed E-state index contributed by atoms with van der Waals surface area (Å²) in [6.07, 6.45) is 0. The molecule has 1 unspecified atom stereocenters. The first kappa shape index (κ1) is 22.0. The first-order chi connectivity index (χ1) is 13.5. The molecule has 0 fully saturated rings. The Morgan fingerprint density at radius 2 is 1.38 bits per heavy atom. The van der Waals surface area contributed by atoms with Crippen molar-refractivity contribution in [3.8, 4) is 11.5 Å². The summed E-state index contributed by atoms with van der Waals surface area (Å²) in [5, 5.41) is 19.7. The third-order valence-electron chi connectivity index (χ3n) is 4.37. The molecule has 0 spiro atoms. The second kappa shape index (κ2) is 7.87. The Hall–Kier alpha value is -1.67. The van der Waals surface area contributed by atoms with E-state index in [0.717, 1.165) is 12.1 Å². The molecule has 0 bridgehead atoms. The minimum absolute atomic E-state index is 0.0283. The van der Waals surface area contributed by atoms with Crippen LogP contribution in [0.3, 0.4) is 0 Å². The Morgan fingerprint density at radius 1 is 0.759 bits per heavy atom. The Balaban J connectivity index is 2.61. The molecule has 3 rings (SSSR count). The fraction of sp³-hybridized carbons (Fsp3) is 0.0526. The van der Waals surface area contributed by atoms with Crippen molar-refractivity contribution in [3.63, 3.8) is 0 Å². The zero-order valence-corrected chi connectivity index (χ0v) is 18.1. The molecule has 3 N–H and O–H groups in total. The molecule has 0 aliphatic heterocycles. The summed E-state index contributed by atoms with van der Waals surface area (Å²) in [5.74, 6) is -0.717. The summed E-state index contributed by atoms with van der Waals surface area (Å²) in [4.78, 5) is 0. The van der Waals surface area contributed by atoms with E-state index < -0.39 is 20.6 Å². The van der Waals surface area contributed by atoms with Gasteiger partial charge in [0.05, 0.1) is 5.02 Å². The summed E-state index contributed by atoms with van der Waals surface area (Å²) in [7, 11) is -5.05. The Labute approximate surface area is 186 Å². The second-order valence-corrected chi connectivity index (χ2v) is 9.33. The predicted molar refractivity (Wildman–Crippen MR) is 114 cm³/mol. The standard InChI is InChI=1S/C19H12Cl4O5S/c20-11-3-1-10(2-4-11)19(29(26,27)28,14-6-5-13(24)9-16(14)22)15-7-12(21)8-17(25)18(15)23/h1-9,24-25H,(H,26,27,28). The van der Waals surface area contributed by atoms with Crippen molar-refractivity contribution in [2.45, 2.75) is 4.75 Å². The van der Waals surface area contributed by atoms with Crippen LogP contribution in [-0.2, 0) is 14.9 Å². The van der Waals surface area contributed by atoms with Crippen LogP contribution >= 0.6 is 46.4 Å². The fourth-order valence-corrected chi connectivity index (χ4v) is 5.53. The van der Waals surface area contributed by atoms with Crippen LogP contribution in [0.2, 0.25) is 20.1 Å². The average Bonchev–Trinajstić information content (AvgIpc) is 2.61. The number of hydrogen-bond acceptors (Lipinski definition) is 4. The van der Waals surface area contributed by atoms with Gasteiger partial charge in [0.15, 0.2) is 4.75 Å². The Kier molecular flexibility index (Phi) is 5.98. The van der Waals surface area contributed by atoms with Crippen molar-refractivity contribution in [1.82, 2.24) is 0 Å². The largest absolute Gasteiger partial charge is 0.508 e. The van der Waals surface area contributed by atoms with Crippen molar-refractivity contribution in [2.75, 3.05) is 0 Å². The smallest absolute Gasteiger partial charge is 0.283 e. The van der Waals surface area contributed by atoms with E-state index in [1.54, 1.807) is 0 Å². The average molecular weight is 494 g/mol. The van der Waals surface area contributed by atoms with Gasteiger partial charge in [0, 0.05) is 32.3 Å². The molecule has 152 valence electrons. The van der Waals surface area contributed by atoms with Crippen LogP contribution in [0.1, 0.15) is 16.7 Å². The summed E-state index contributed by atoms with van der Waals surface area (Å²) in [5.41, 5.74) is -0.326. The van der Waals surface area contributed by atoms with Crippen LogP contribution in [-0.4, -0.2) is 23.2 Å². The minimum Gasteiger partial charge on any atom is -0.508 e. The van der Waals surface area contributed by atoms with Gasteiger partial charge in [-0.2, -0.15) is 8.42 Å². The Morgan fingerprint density at radius 3 is 1.93 bits per heavy atom. The van der Waals surface area contributed by atoms with Gasteiger partial charge in [-0.15, -0.1) is 0 Å². The van der Waals surface area contributed by atoms with E-state index in [1.165, 1.54) is 42.5 Å². The zero-order valence-electron chi connectivity index (χ0n) is 14.3. The lowest BCUT2D eigenvalue weighted by molar-refractivity contribution is 0.455. The van der Waals surface area contributed by atoms with Gasteiger partial charge in [-0.3, -0.25) is 4.55 Å². The van der Waals surface area contributed by atoms with E-state index in [-0.39, 0.29) is 37.5 Å². The van der Waals surface area contributed by atoms with Crippen LogP contribution in [0.25, 0.3) is 0 Å². The third-order valence-corrected chi connectivity index (χ3v) is 7.00. The molecule has 1 atom stereocenters. The number of phenols is 2. The van der Waals surface area contributed by atoms with Gasteiger partial charge in [0.2, 0.25) is 0 Å². The number of aromatic hydroxyl groups is 2. The molecule has 0 heterocycles. The molecule has 10 heteroatoms. The first-order valence-corrected chi connectivity index (χ1v) is 10.8. The zero-order chi connectivity index (χ0) is 21.6. The molecule has 3 aromatic carbocycles. The number of benzene rings is 3. The van der Waals surface area contributed by atoms with Gasteiger partial charge in [-0.1, -0.05) is 64.6 Å². The molecular formula is C19H12Cl4O5S. The number of rotatable bonds is 4. The molecule has 0 aliphatic carbocycles. The summed E-state index contributed by atoms with van der Waals surface area (Å²) in [6.45, 7) is 0. The van der Waals surface area contributed by atoms with Crippen LogP contribution in [0, 0.1) is 0 Å². The van der Waals surface area contributed by atoms with E-state index in [9.17, 15) is 23.2 Å². The van der Waals surface area contributed by atoms with Crippen molar-refractivity contribution >= 4 is 56.5 Å². The van der Waals surface area contributed by atoms with Crippen molar-refractivity contribution in [1.29, 1.82) is 0 Å². The highest BCUT2D eigenvalue weighted by atomic mass is 35.5. The van der Waals surface area contributed by atoms with E-state index in [1.807, 2.05) is 0 Å². The lowest BCUT2D eigenvalue weighted by atomic mass is 9.83. The fourth-order valence-electron chi connectivity index (χ4n) is 3.19. The van der Waals surface area contributed by atoms with E-state index in [2.05, 4.69) is 0 Å². The molecule has 0 saturated heterocycles. The van der Waals surface area contributed by atoms with E-state index in [0.29, 0.717) is 5.02 Å². The molecule has 0 saturated carbocycles. The second-order valence-electron chi connectivity index (χ2n) is 6.11. The topological polar surface area (TPSA) is 94.8 Å². The Bertz CT molecular complexity index is 1200. The van der Waals surface area contributed by atoms with Gasteiger partial charge in [-0.25, -0.2) is 0 Å². The van der Waals surface area contributed by atoms with Crippen LogP contribution in [0.4, 0.5) is 0 Å². The molecule has 5 nitrogen and oxygen atoms in total. The maximum atomic E-state index is 13.0. The van der Waals surface area contributed by atoms with E-state index >= 15 is 0 Å². The summed E-state index contributed by atoms with van der Waals surface area (Å²) in [6, 6.07) is 11.5. The molecule has 29 heavy (non-hydrogen) atoms. The molecule has 0 amide bonds. The van der Waals surface area contributed by atoms with Gasteiger partial charge < -0.3 is 10.2 Å². The normalized spacial score (nSPS) is 13.8. The van der Waals surface area contributed by atoms with Gasteiger partial charge in [-0.05, 0) is 35.9 Å². The molecule has 0 aliphatic rings. The molecule has 0 radical (unpaired) electrons.